The van der Waals surface area contributed by atoms with Crippen molar-refractivity contribution in [1.29, 1.82) is 0 Å². The summed E-state index contributed by atoms with van der Waals surface area (Å²) in [6.07, 6.45) is 3.68. The molecule has 452 valence electrons. The average molecular weight is 1230 g/mol. The predicted molar refractivity (Wildman–Crippen MR) is 398 cm³/mol. The maximum absolute atomic E-state index is 5.22. The van der Waals surface area contributed by atoms with Crippen LogP contribution >= 0.6 is 0 Å². The van der Waals surface area contributed by atoms with E-state index in [0.29, 0.717) is 0 Å². The summed E-state index contributed by atoms with van der Waals surface area (Å²) in [7, 11) is 0. The van der Waals surface area contributed by atoms with Gasteiger partial charge in [-0.1, -0.05) is 276 Å². The highest BCUT2D eigenvalue weighted by atomic mass is 14.8. The quantitative estimate of drug-likeness (QED) is 0.148. The third-order valence-corrected chi connectivity index (χ3v) is 20.2. The second kappa shape index (κ2) is 22.3. The molecule has 17 aromatic rings. The van der Waals surface area contributed by atoms with Crippen LogP contribution in [0.5, 0.6) is 0 Å². The van der Waals surface area contributed by atoms with Crippen molar-refractivity contribution in [3.8, 4) is 101 Å². The molecule has 2 aliphatic rings. The Bertz CT molecular complexity index is 5980. The van der Waals surface area contributed by atoms with Gasteiger partial charge in [-0.2, -0.15) is 0 Å². The molecule has 0 radical (unpaired) electrons. The Morgan fingerprint density at radius 2 is 0.635 bits per heavy atom. The van der Waals surface area contributed by atoms with E-state index in [0.717, 1.165) is 88.5 Å². The summed E-state index contributed by atoms with van der Waals surface area (Å²) in [6, 6.07) is 104. The Balaban J connectivity index is 0.000000141. The van der Waals surface area contributed by atoms with Gasteiger partial charge in [0, 0.05) is 77.8 Å². The zero-order valence-corrected chi connectivity index (χ0v) is 53.6. The molecular weight excluding hydrogens is 1170 g/mol. The van der Waals surface area contributed by atoms with E-state index in [-0.39, 0.29) is 10.8 Å². The van der Waals surface area contributed by atoms with Crippen LogP contribution < -0.4 is 0 Å². The van der Waals surface area contributed by atoms with Crippen molar-refractivity contribution in [3.63, 3.8) is 0 Å². The molecule has 11 aromatic carbocycles. The van der Waals surface area contributed by atoms with Crippen LogP contribution in [0, 0.1) is 0 Å². The molecule has 6 nitrogen and oxygen atoms in total. The van der Waals surface area contributed by atoms with Gasteiger partial charge in [-0.05, 0) is 120 Å². The summed E-state index contributed by atoms with van der Waals surface area (Å²) in [5, 5.41) is 6.77. The first-order valence-electron chi connectivity index (χ1n) is 33.0. The van der Waals surface area contributed by atoms with Gasteiger partial charge in [0.25, 0.3) is 0 Å². The summed E-state index contributed by atoms with van der Waals surface area (Å²) in [5.74, 6) is 0. The maximum Gasteiger partial charge on any atom is 0.0972 e. The molecule has 6 aromatic heterocycles. The fraction of sp³-hybridized carbons (Fsp3) is 0.0667. The van der Waals surface area contributed by atoms with Crippen molar-refractivity contribution in [2.75, 3.05) is 0 Å². The molecular formula is C90H62N6. The van der Waals surface area contributed by atoms with E-state index in [4.69, 9.17) is 19.9 Å². The fourth-order valence-electron chi connectivity index (χ4n) is 15.4. The Hall–Kier alpha value is -12.1. The Morgan fingerprint density at radius 3 is 1.15 bits per heavy atom. The summed E-state index contributed by atoms with van der Waals surface area (Å²) < 4.78 is 0. The van der Waals surface area contributed by atoms with Crippen LogP contribution in [0.2, 0.25) is 0 Å². The van der Waals surface area contributed by atoms with Gasteiger partial charge >= 0.3 is 0 Å². The zero-order valence-electron chi connectivity index (χ0n) is 53.6. The van der Waals surface area contributed by atoms with E-state index >= 15 is 0 Å². The minimum absolute atomic E-state index is 0.148. The van der Waals surface area contributed by atoms with Crippen LogP contribution in [0.15, 0.2) is 304 Å². The summed E-state index contributed by atoms with van der Waals surface area (Å²) in [4.78, 5) is 30.0. The molecule has 0 amide bonds. The molecule has 96 heavy (non-hydrogen) atoms. The molecule has 0 fully saturated rings. The van der Waals surface area contributed by atoms with Gasteiger partial charge in [0.15, 0.2) is 0 Å². The summed E-state index contributed by atoms with van der Waals surface area (Å²) in [5.41, 5.74) is 31.6. The molecule has 6 heteroatoms. The Kier molecular flexibility index (Phi) is 13.1. The molecule has 6 heterocycles. The molecule has 0 saturated heterocycles. The SMILES string of the molecule is CC1(C)c2ccccc2-c2nc3ccccc3c(-c3ccc(-c4ccc(-c5cc6cccnc6c6ncccc56)cc4)cc3)c21.CC1(C)c2ccccc2-c2nc3ccccc3c(-c3ccc(-c4ccc(-c5ccc6ccc7ccc(-c8ccccc8)nc7c6n5)cc4)cc3)c21. The van der Waals surface area contributed by atoms with Gasteiger partial charge in [0.05, 0.1) is 55.9 Å². The first-order chi connectivity index (χ1) is 47.1. The zero-order chi connectivity index (χ0) is 64.2. The number of pyridine rings is 6. The number of aromatic nitrogens is 6. The molecule has 19 rings (SSSR count). The highest BCUT2D eigenvalue weighted by molar-refractivity contribution is 6.11. The molecule has 0 aliphatic heterocycles. The average Bonchev–Trinajstić information content (AvgIpc) is 1.56. The maximum atomic E-state index is 5.22. The van der Waals surface area contributed by atoms with Gasteiger partial charge in [0.2, 0.25) is 0 Å². The number of hydrogen-bond donors (Lipinski definition) is 0. The van der Waals surface area contributed by atoms with Gasteiger partial charge in [-0.25, -0.2) is 19.9 Å². The van der Waals surface area contributed by atoms with Gasteiger partial charge in [-0.15, -0.1) is 0 Å². The third kappa shape index (κ3) is 9.23. The number of benzene rings is 11. The number of fused-ring (bicyclic) bond motifs is 14. The van der Waals surface area contributed by atoms with Crippen LogP contribution in [-0.2, 0) is 10.8 Å². The van der Waals surface area contributed by atoms with E-state index in [1.54, 1.807) is 0 Å². The van der Waals surface area contributed by atoms with Crippen molar-refractivity contribution < 1.29 is 0 Å². The first-order valence-corrected chi connectivity index (χ1v) is 33.0. The van der Waals surface area contributed by atoms with Crippen LogP contribution in [0.1, 0.15) is 49.9 Å². The molecule has 0 unspecified atom stereocenters. The van der Waals surface area contributed by atoms with Crippen molar-refractivity contribution in [2.45, 2.75) is 38.5 Å². The van der Waals surface area contributed by atoms with E-state index in [9.17, 15) is 0 Å². The lowest BCUT2D eigenvalue weighted by Gasteiger charge is -2.25. The predicted octanol–water partition coefficient (Wildman–Crippen LogP) is 22.9. The Labute approximate surface area is 557 Å². The van der Waals surface area contributed by atoms with Crippen LogP contribution in [0.4, 0.5) is 0 Å². The molecule has 0 saturated carbocycles. The molecule has 0 atom stereocenters. The lowest BCUT2D eigenvalue weighted by Crippen LogP contribution is -2.16. The smallest absolute Gasteiger partial charge is 0.0972 e. The lowest BCUT2D eigenvalue weighted by atomic mass is 9.78. The number of para-hydroxylation sites is 2. The van der Waals surface area contributed by atoms with Crippen molar-refractivity contribution >= 4 is 65.4 Å². The standard InChI is InChI=1S/C48H33N3.C42H29N3/c1-48(2)39-14-8-6-12-37(39)47-44(48)43(38-13-7-9-15-42(38)51-47)34-22-18-31(19-23-34)30-16-20-33(21-17-30)41-29-27-36-25-24-35-26-28-40(32-10-4-3-5-11-32)49-45(35)46(36)50-41;1-42(2)35-13-5-3-10-32(35)40-38(42)37(33-11-4-6-14-36(33)45-40)29-21-17-27(18-22-29)26-15-19-28(20-16-26)34-25-30-9-7-23-43-39(30)41-31(34)12-8-24-44-41/h3-29H,1-2H3;3-25H,1-2H3. The number of hydrogen-bond acceptors (Lipinski definition) is 6. The lowest BCUT2D eigenvalue weighted by molar-refractivity contribution is 0.661. The van der Waals surface area contributed by atoms with Gasteiger partial charge in [-0.3, -0.25) is 9.97 Å². The largest absolute Gasteiger partial charge is 0.254 e. The number of nitrogens with zero attached hydrogens (tertiary/aromatic N) is 6. The van der Waals surface area contributed by atoms with Crippen LogP contribution in [0.25, 0.3) is 166 Å². The molecule has 2 aliphatic carbocycles. The van der Waals surface area contributed by atoms with Gasteiger partial charge in [0.1, 0.15) is 0 Å². The summed E-state index contributed by atoms with van der Waals surface area (Å²) >= 11 is 0. The number of rotatable bonds is 7. The normalized spacial score (nSPS) is 13.2. The Morgan fingerprint density at radius 1 is 0.250 bits per heavy atom. The van der Waals surface area contributed by atoms with Crippen LogP contribution in [0.3, 0.4) is 0 Å². The molecule has 0 spiro atoms. The van der Waals surface area contributed by atoms with Crippen molar-refractivity contribution in [3.05, 3.63) is 326 Å². The minimum Gasteiger partial charge on any atom is -0.254 e. The minimum atomic E-state index is -0.157. The topological polar surface area (TPSA) is 77.3 Å². The van der Waals surface area contributed by atoms with Crippen LogP contribution in [-0.4, -0.2) is 29.9 Å². The second-order valence-electron chi connectivity index (χ2n) is 26.5. The van der Waals surface area contributed by atoms with Crippen molar-refractivity contribution in [1.82, 2.24) is 29.9 Å². The van der Waals surface area contributed by atoms with E-state index < -0.39 is 0 Å². The van der Waals surface area contributed by atoms with E-state index in [1.807, 2.05) is 42.7 Å². The first kappa shape index (κ1) is 56.6. The molecule has 0 N–H and O–H groups in total. The fourth-order valence-corrected chi connectivity index (χ4v) is 15.4. The van der Waals surface area contributed by atoms with Gasteiger partial charge < -0.3 is 0 Å². The van der Waals surface area contributed by atoms with Crippen molar-refractivity contribution in [2.24, 2.45) is 0 Å². The van der Waals surface area contributed by atoms with E-state index in [2.05, 4.69) is 299 Å². The van der Waals surface area contributed by atoms with E-state index in [1.165, 1.54) is 99.8 Å². The monoisotopic (exact) mass is 1230 g/mol. The summed E-state index contributed by atoms with van der Waals surface area (Å²) in [6.45, 7) is 9.33. The molecule has 0 bridgehead atoms. The third-order valence-electron chi connectivity index (χ3n) is 20.2. The highest BCUT2D eigenvalue weighted by Gasteiger charge is 2.41. The second-order valence-corrected chi connectivity index (χ2v) is 26.5. The highest BCUT2D eigenvalue weighted by Crippen LogP contribution is 2.55.